The van der Waals surface area contributed by atoms with E-state index in [1.165, 1.54) is 18.7 Å². The summed E-state index contributed by atoms with van der Waals surface area (Å²) in [6, 6.07) is 7.44. The lowest BCUT2D eigenvalue weighted by atomic mass is 9.97. The van der Waals surface area contributed by atoms with Crippen LogP contribution in [0, 0.1) is 5.92 Å². The third-order valence-electron chi connectivity index (χ3n) is 4.26. The van der Waals surface area contributed by atoms with Gasteiger partial charge in [0.25, 0.3) is 0 Å². The van der Waals surface area contributed by atoms with Crippen LogP contribution in [0.4, 0.5) is 5.69 Å². The van der Waals surface area contributed by atoms with Gasteiger partial charge in [0.2, 0.25) is 11.8 Å². The number of nitrogens with zero attached hydrogens (tertiary/aromatic N) is 1. The van der Waals surface area contributed by atoms with Gasteiger partial charge in [-0.2, -0.15) is 0 Å². The Balaban J connectivity index is 1.84. The van der Waals surface area contributed by atoms with E-state index in [2.05, 4.69) is 5.32 Å². The van der Waals surface area contributed by atoms with E-state index >= 15 is 0 Å². The fourth-order valence-corrected chi connectivity index (χ4v) is 3.88. The number of nitrogens with one attached hydrogen (secondary N) is 1. The van der Waals surface area contributed by atoms with Crippen molar-refractivity contribution in [3.05, 3.63) is 24.3 Å². The number of thioether (sulfide) groups is 1. The lowest BCUT2D eigenvalue weighted by molar-refractivity contribution is -0.151. The first kappa shape index (κ1) is 20.3. The SMILES string of the molecule is CCOC(=O)C1CCN(C(=O)[C@H](C)Sc2ccc(NC(C)=O)cc2)CC1. The van der Waals surface area contributed by atoms with Crippen LogP contribution in [0.3, 0.4) is 0 Å². The summed E-state index contributed by atoms with van der Waals surface area (Å²) in [6.07, 6.45) is 1.32. The molecule has 1 fully saturated rings. The largest absolute Gasteiger partial charge is 0.466 e. The molecule has 142 valence electrons. The molecule has 1 atom stereocenters. The molecule has 0 spiro atoms. The van der Waals surface area contributed by atoms with Crippen LogP contribution in [0.2, 0.25) is 0 Å². The van der Waals surface area contributed by atoms with Crippen LogP contribution in [0.1, 0.15) is 33.6 Å². The smallest absolute Gasteiger partial charge is 0.309 e. The second-order valence-corrected chi connectivity index (χ2v) is 7.73. The van der Waals surface area contributed by atoms with E-state index in [4.69, 9.17) is 4.74 Å². The maximum Gasteiger partial charge on any atom is 0.309 e. The van der Waals surface area contributed by atoms with Gasteiger partial charge in [-0.05, 0) is 51.0 Å². The summed E-state index contributed by atoms with van der Waals surface area (Å²) >= 11 is 1.49. The molecule has 7 heteroatoms. The number of piperidine rings is 1. The van der Waals surface area contributed by atoms with Crippen molar-refractivity contribution in [3.63, 3.8) is 0 Å². The zero-order valence-corrected chi connectivity index (χ0v) is 16.3. The molecule has 2 amide bonds. The van der Waals surface area contributed by atoms with Crippen LogP contribution in [0.15, 0.2) is 29.2 Å². The van der Waals surface area contributed by atoms with Crippen molar-refractivity contribution in [3.8, 4) is 0 Å². The van der Waals surface area contributed by atoms with Gasteiger partial charge in [-0.3, -0.25) is 14.4 Å². The van der Waals surface area contributed by atoms with Crippen LogP contribution < -0.4 is 5.32 Å². The predicted molar refractivity (Wildman–Crippen MR) is 102 cm³/mol. The zero-order chi connectivity index (χ0) is 19.1. The van der Waals surface area contributed by atoms with Crippen LogP contribution in [0.25, 0.3) is 0 Å². The van der Waals surface area contributed by atoms with Crippen molar-refractivity contribution in [2.24, 2.45) is 5.92 Å². The zero-order valence-electron chi connectivity index (χ0n) is 15.5. The summed E-state index contributed by atoms with van der Waals surface area (Å²) in [4.78, 5) is 38.3. The molecule has 26 heavy (non-hydrogen) atoms. The molecule has 6 nitrogen and oxygen atoms in total. The van der Waals surface area contributed by atoms with Crippen molar-refractivity contribution in [1.82, 2.24) is 4.90 Å². The molecule has 0 aliphatic carbocycles. The van der Waals surface area contributed by atoms with E-state index in [1.54, 1.807) is 6.92 Å². The van der Waals surface area contributed by atoms with Gasteiger partial charge in [0.15, 0.2) is 0 Å². The Morgan fingerprint density at radius 3 is 2.38 bits per heavy atom. The number of anilines is 1. The number of esters is 1. The second kappa shape index (κ2) is 9.62. The van der Waals surface area contributed by atoms with E-state index in [0.717, 1.165) is 10.6 Å². The van der Waals surface area contributed by atoms with Gasteiger partial charge in [0.1, 0.15) is 0 Å². The van der Waals surface area contributed by atoms with Gasteiger partial charge < -0.3 is 15.0 Å². The minimum atomic E-state index is -0.208. The molecular formula is C19H26N2O4S. The molecule has 1 saturated heterocycles. The highest BCUT2D eigenvalue weighted by atomic mass is 32.2. The first-order chi connectivity index (χ1) is 12.4. The maximum atomic E-state index is 12.6. The van der Waals surface area contributed by atoms with Gasteiger partial charge in [0, 0.05) is 30.6 Å². The molecule has 0 unspecified atom stereocenters. The standard InChI is InChI=1S/C19H26N2O4S/c1-4-25-19(24)15-9-11-21(12-10-15)18(23)13(2)26-17-7-5-16(6-8-17)20-14(3)22/h5-8,13,15H,4,9-12H2,1-3H3,(H,20,22)/t13-/m0/s1. The summed E-state index contributed by atoms with van der Waals surface area (Å²) in [5.41, 5.74) is 0.738. The third-order valence-corrected chi connectivity index (χ3v) is 5.36. The van der Waals surface area contributed by atoms with Gasteiger partial charge in [-0.15, -0.1) is 11.8 Å². The van der Waals surface area contributed by atoms with Crippen molar-refractivity contribution < 1.29 is 19.1 Å². The Morgan fingerprint density at radius 2 is 1.85 bits per heavy atom. The molecule has 0 saturated carbocycles. The number of amides is 2. The van der Waals surface area contributed by atoms with E-state index < -0.39 is 0 Å². The van der Waals surface area contributed by atoms with Crippen molar-refractivity contribution in [1.29, 1.82) is 0 Å². The monoisotopic (exact) mass is 378 g/mol. The van der Waals surface area contributed by atoms with E-state index in [1.807, 2.05) is 36.1 Å². The van der Waals surface area contributed by atoms with E-state index in [9.17, 15) is 14.4 Å². The minimum absolute atomic E-state index is 0.0863. The van der Waals surface area contributed by atoms with Gasteiger partial charge >= 0.3 is 5.97 Å². The summed E-state index contributed by atoms with van der Waals surface area (Å²) in [7, 11) is 0. The minimum Gasteiger partial charge on any atom is -0.466 e. The van der Waals surface area contributed by atoms with Gasteiger partial charge in [-0.25, -0.2) is 0 Å². The van der Waals surface area contributed by atoms with Gasteiger partial charge in [0.05, 0.1) is 17.8 Å². The van der Waals surface area contributed by atoms with Crippen LogP contribution in [0.5, 0.6) is 0 Å². The molecule has 2 rings (SSSR count). The number of rotatable bonds is 6. The van der Waals surface area contributed by atoms with Crippen LogP contribution in [-0.4, -0.2) is 47.6 Å². The molecule has 1 N–H and O–H groups in total. The Bertz CT molecular complexity index is 639. The lowest BCUT2D eigenvalue weighted by Gasteiger charge is -2.32. The number of carbonyl (C=O) groups excluding carboxylic acids is 3. The molecule has 0 bridgehead atoms. The molecule has 0 aromatic heterocycles. The Morgan fingerprint density at radius 1 is 1.23 bits per heavy atom. The highest BCUT2D eigenvalue weighted by Crippen LogP contribution is 2.27. The molecule has 1 aliphatic heterocycles. The molecule has 1 aliphatic rings. The molecule has 1 heterocycles. The third kappa shape index (κ3) is 5.76. The highest BCUT2D eigenvalue weighted by Gasteiger charge is 2.30. The van der Waals surface area contributed by atoms with Crippen molar-refractivity contribution in [2.45, 2.75) is 43.8 Å². The summed E-state index contributed by atoms with van der Waals surface area (Å²) < 4.78 is 5.06. The van der Waals surface area contributed by atoms with E-state index in [0.29, 0.717) is 32.5 Å². The Labute approximate surface area is 158 Å². The first-order valence-corrected chi connectivity index (χ1v) is 9.78. The number of hydrogen-bond acceptors (Lipinski definition) is 5. The number of carbonyl (C=O) groups is 3. The van der Waals surface area contributed by atoms with Crippen molar-refractivity contribution >= 4 is 35.2 Å². The summed E-state index contributed by atoms with van der Waals surface area (Å²) in [5.74, 6) is -0.270. The first-order valence-electron chi connectivity index (χ1n) is 8.90. The summed E-state index contributed by atoms with van der Waals surface area (Å²) in [5, 5.41) is 2.51. The molecule has 1 aromatic rings. The van der Waals surface area contributed by atoms with E-state index in [-0.39, 0.29) is 29.0 Å². The number of hydrogen-bond donors (Lipinski definition) is 1. The van der Waals surface area contributed by atoms with Crippen molar-refractivity contribution in [2.75, 3.05) is 25.0 Å². The lowest BCUT2D eigenvalue weighted by Crippen LogP contribution is -2.43. The fraction of sp³-hybridized carbons (Fsp3) is 0.526. The summed E-state index contributed by atoms with van der Waals surface area (Å²) in [6.45, 7) is 6.74. The molecule has 1 aromatic carbocycles. The topological polar surface area (TPSA) is 75.7 Å². The molecular weight excluding hydrogens is 352 g/mol. The van der Waals surface area contributed by atoms with Crippen LogP contribution >= 0.6 is 11.8 Å². The average Bonchev–Trinajstić information content (AvgIpc) is 2.62. The quantitative estimate of drug-likeness (QED) is 0.608. The average molecular weight is 378 g/mol. The number of benzene rings is 1. The second-order valence-electron chi connectivity index (χ2n) is 6.32. The fourth-order valence-electron chi connectivity index (χ4n) is 2.93. The molecule has 0 radical (unpaired) electrons. The predicted octanol–water partition coefficient (Wildman–Crippen LogP) is 2.93. The maximum absolute atomic E-state index is 12.6. The number of likely N-dealkylation sites (tertiary alicyclic amines) is 1. The Kier molecular flexibility index (Phi) is 7.50. The van der Waals surface area contributed by atoms with Gasteiger partial charge in [-0.1, -0.05) is 0 Å². The van der Waals surface area contributed by atoms with Crippen LogP contribution in [-0.2, 0) is 19.1 Å². The normalized spacial score (nSPS) is 16.0. The highest BCUT2D eigenvalue weighted by molar-refractivity contribution is 8.00. The number of ether oxygens (including phenoxy) is 1. The Hall–Kier alpha value is -2.02.